The maximum absolute atomic E-state index is 6.60. The van der Waals surface area contributed by atoms with Crippen molar-refractivity contribution < 1.29 is 0 Å². The van der Waals surface area contributed by atoms with Crippen LogP contribution in [0.3, 0.4) is 0 Å². The van der Waals surface area contributed by atoms with E-state index in [1.165, 1.54) is 0 Å². The monoisotopic (exact) mass is 169 g/mol. The van der Waals surface area contributed by atoms with Gasteiger partial charge in [0.1, 0.15) is 0 Å². The van der Waals surface area contributed by atoms with Crippen molar-refractivity contribution in [3.8, 4) is 0 Å². The number of aromatic nitrogens is 2. The molecule has 1 aromatic heterocycles. The van der Waals surface area contributed by atoms with Crippen LogP contribution in [-0.2, 0) is 13.5 Å². The Morgan fingerprint density at radius 1 is 1.82 bits per heavy atom. The molecule has 0 amide bonds. The number of hydrogen-bond donors (Lipinski definition) is 0. The normalized spacial score (nSPS) is 9.55. The van der Waals surface area contributed by atoms with E-state index in [1.54, 1.807) is 6.33 Å². The third kappa shape index (κ3) is 1.72. The SMILES string of the molecule is [C-]#[N+]CCc1c(Cl)ncn1C. The molecule has 4 heteroatoms. The fourth-order valence-electron chi connectivity index (χ4n) is 0.868. The van der Waals surface area contributed by atoms with Crippen molar-refractivity contribution in [3.05, 3.63) is 28.6 Å². The summed E-state index contributed by atoms with van der Waals surface area (Å²) in [4.78, 5) is 7.14. The van der Waals surface area contributed by atoms with E-state index in [2.05, 4.69) is 9.83 Å². The molecule has 58 valence electrons. The molecule has 0 spiro atoms. The Morgan fingerprint density at radius 3 is 3.00 bits per heavy atom. The van der Waals surface area contributed by atoms with E-state index in [4.69, 9.17) is 18.2 Å². The molecule has 0 saturated heterocycles. The van der Waals surface area contributed by atoms with Crippen LogP contribution < -0.4 is 0 Å². The second-order valence-corrected chi connectivity index (χ2v) is 2.58. The maximum Gasteiger partial charge on any atom is 0.220 e. The average Bonchev–Trinajstić information content (AvgIpc) is 2.29. The maximum atomic E-state index is 6.60. The molecule has 0 fully saturated rings. The molecule has 0 aliphatic rings. The van der Waals surface area contributed by atoms with Crippen LogP contribution in [-0.4, -0.2) is 16.1 Å². The largest absolute Gasteiger partial charge is 0.336 e. The Bertz CT molecular complexity index is 265. The van der Waals surface area contributed by atoms with Crippen molar-refractivity contribution in [2.45, 2.75) is 6.42 Å². The van der Waals surface area contributed by atoms with Crippen LogP contribution in [0.25, 0.3) is 4.85 Å². The van der Waals surface area contributed by atoms with Crippen LogP contribution in [0.2, 0.25) is 5.15 Å². The molecule has 0 unspecified atom stereocenters. The van der Waals surface area contributed by atoms with Crippen molar-refractivity contribution in [1.29, 1.82) is 0 Å². The molecule has 0 bridgehead atoms. The molecular formula is C7H8ClN3. The van der Waals surface area contributed by atoms with Crippen LogP contribution >= 0.6 is 11.6 Å². The van der Waals surface area contributed by atoms with Crippen LogP contribution in [0.4, 0.5) is 0 Å². The minimum absolute atomic E-state index is 0.471. The van der Waals surface area contributed by atoms with Gasteiger partial charge in [0.2, 0.25) is 6.54 Å². The highest BCUT2D eigenvalue weighted by molar-refractivity contribution is 6.30. The third-order valence-electron chi connectivity index (χ3n) is 1.47. The Kier molecular flexibility index (Phi) is 2.50. The molecule has 0 radical (unpaired) electrons. The molecule has 0 saturated carbocycles. The lowest BCUT2D eigenvalue weighted by Gasteiger charge is -1.96. The Hall–Kier alpha value is -1.01. The van der Waals surface area contributed by atoms with Gasteiger partial charge in [-0.05, 0) is 0 Å². The minimum atomic E-state index is 0.471. The predicted octanol–water partition coefficient (Wildman–Crippen LogP) is 1.54. The predicted molar refractivity (Wildman–Crippen MR) is 43.4 cm³/mol. The molecule has 1 heterocycles. The molecule has 11 heavy (non-hydrogen) atoms. The molecule has 0 atom stereocenters. The first-order valence-electron chi connectivity index (χ1n) is 3.24. The number of hydrogen-bond acceptors (Lipinski definition) is 1. The summed E-state index contributed by atoms with van der Waals surface area (Å²) in [6.07, 6.45) is 2.33. The van der Waals surface area contributed by atoms with Gasteiger partial charge in [0.05, 0.1) is 18.4 Å². The van der Waals surface area contributed by atoms with Gasteiger partial charge in [-0.3, -0.25) is 0 Å². The van der Waals surface area contributed by atoms with Gasteiger partial charge in [-0.25, -0.2) is 11.6 Å². The van der Waals surface area contributed by atoms with E-state index in [1.807, 2.05) is 11.6 Å². The van der Waals surface area contributed by atoms with Crippen molar-refractivity contribution >= 4 is 11.6 Å². The number of aryl methyl sites for hydroxylation is 1. The van der Waals surface area contributed by atoms with E-state index in [-0.39, 0.29) is 0 Å². The van der Waals surface area contributed by atoms with Crippen molar-refractivity contribution in [3.63, 3.8) is 0 Å². The van der Waals surface area contributed by atoms with E-state index in [0.717, 1.165) is 5.69 Å². The second kappa shape index (κ2) is 3.40. The molecule has 0 aromatic carbocycles. The van der Waals surface area contributed by atoms with Crippen LogP contribution in [0.5, 0.6) is 0 Å². The number of rotatable bonds is 2. The zero-order chi connectivity index (χ0) is 8.27. The molecule has 1 rings (SSSR count). The summed E-state index contributed by atoms with van der Waals surface area (Å²) in [6, 6.07) is 0. The summed E-state index contributed by atoms with van der Waals surface area (Å²) in [5.74, 6) is 0. The smallest absolute Gasteiger partial charge is 0.220 e. The zero-order valence-electron chi connectivity index (χ0n) is 6.21. The lowest BCUT2D eigenvalue weighted by atomic mass is 10.3. The summed E-state index contributed by atoms with van der Waals surface area (Å²) < 4.78 is 1.84. The summed E-state index contributed by atoms with van der Waals surface area (Å²) >= 11 is 5.75. The van der Waals surface area contributed by atoms with E-state index in [9.17, 15) is 0 Å². The fourth-order valence-corrected chi connectivity index (χ4v) is 1.14. The number of nitrogens with zero attached hydrogens (tertiary/aromatic N) is 3. The van der Waals surface area contributed by atoms with Gasteiger partial charge in [-0.15, -0.1) is 0 Å². The molecule has 0 N–H and O–H groups in total. The lowest BCUT2D eigenvalue weighted by molar-refractivity contribution is 0.825. The standard InChI is InChI=1S/C7H8ClN3/c1-9-4-3-6-7(8)10-5-11(6)2/h5H,3-4H2,2H3. The van der Waals surface area contributed by atoms with Crippen LogP contribution in [0, 0.1) is 6.57 Å². The van der Waals surface area contributed by atoms with Gasteiger partial charge in [0, 0.05) is 7.05 Å². The fraction of sp³-hybridized carbons (Fsp3) is 0.429. The van der Waals surface area contributed by atoms with Crippen molar-refractivity contribution in [2.24, 2.45) is 7.05 Å². The van der Waals surface area contributed by atoms with Gasteiger partial charge in [0.15, 0.2) is 5.15 Å². The summed E-state index contributed by atoms with van der Waals surface area (Å²) in [5, 5.41) is 0.510. The quantitative estimate of drug-likeness (QED) is 0.616. The molecule has 0 aliphatic heterocycles. The van der Waals surface area contributed by atoms with E-state index < -0.39 is 0 Å². The molecule has 3 nitrogen and oxygen atoms in total. The highest BCUT2D eigenvalue weighted by atomic mass is 35.5. The van der Waals surface area contributed by atoms with Crippen molar-refractivity contribution in [2.75, 3.05) is 6.54 Å². The zero-order valence-corrected chi connectivity index (χ0v) is 6.97. The van der Waals surface area contributed by atoms with E-state index in [0.29, 0.717) is 18.1 Å². The first-order chi connectivity index (χ1) is 5.25. The summed E-state index contributed by atoms with van der Waals surface area (Å²) in [7, 11) is 1.87. The molecule has 1 aromatic rings. The van der Waals surface area contributed by atoms with Gasteiger partial charge in [-0.2, -0.15) is 0 Å². The number of halogens is 1. The topological polar surface area (TPSA) is 22.2 Å². The van der Waals surface area contributed by atoms with Crippen LogP contribution in [0.1, 0.15) is 5.69 Å². The highest BCUT2D eigenvalue weighted by Gasteiger charge is 2.06. The highest BCUT2D eigenvalue weighted by Crippen LogP contribution is 2.12. The van der Waals surface area contributed by atoms with Crippen molar-refractivity contribution in [1.82, 2.24) is 9.55 Å². The Morgan fingerprint density at radius 2 is 2.55 bits per heavy atom. The Balaban J connectivity index is 2.77. The summed E-state index contributed by atoms with van der Waals surface area (Å²) in [6.45, 7) is 7.07. The second-order valence-electron chi connectivity index (χ2n) is 2.22. The van der Waals surface area contributed by atoms with Gasteiger partial charge < -0.3 is 9.41 Å². The van der Waals surface area contributed by atoms with Gasteiger partial charge in [0.25, 0.3) is 0 Å². The molecular weight excluding hydrogens is 162 g/mol. The third-order valence-corrected chi connectivity index (χ3v) is 1.78. The first-order valence-corrected chi connectivity index (χ1v) is 3.62. The van der Waals surface area contributed by atoms with Crippen LogP contribution in [0.15, 0.2) is 6.33 Å². The average molecular weight is 170 g/mol. The minimum Gasteiger partial charge on any atom is -0.336 e. The van der Waals surface area contributed by atoms with Gasteiger partial charge >= 0.3 is 0 Å². The first kappa shape index (κ1) is 8.09. The molecule has 0 aliphatic carbocycles. The summed E-state index contributed by atoms with van der Waals surface area (Å²) in [5.41, 5.74) is 0.933. The Labute approximate surface area is 70.4 Å². The number of imidazole rings is 1. The van der Waals surface area contributed by atoms with E-state index >= 15 is 0 Å². The lowest BCUT2D eigenvalue weighted by Crippen LogP contribution is -1.96. The van der Waals surface area contributed by atoms with Gasteiger partial charge in [-0.1, -0.05) is 11.6 Å².